The summed E-state index contributed by atoms with van der Waals surface area (Å²) < 4.78 is 22.1. The van der Waals surface area contributed by atoms with Gasteiger partial charge in [0.25, 0.3) is 0 Å². The molecular weight excluding hydrogens is 368 g/mol. The van der Waals surface area contributed by atoms with E-state index in [2.05, 4.69) is 6.07 Å². The Morgan fingerprint density at radius 1 is 0.655 bits per heavy atom. The molecule has 0 aliphatic heterocycles. The van der Waals surface area contributed by atoms with E-state index >= 15 is 0 Å². The highest BCUT2D eigenvalue weighted by atomic mass is 16.5. The van der Waals surface area contributed by atoms with Crippen LogP contribution in [0.2, 0.25) is 0 Å². The van der Waals surface area contributed by atoms with Crippen molar-refractivity contribution in [1.82, 2.24) is 0 Å². The number of methoxy groups -OCH3 is 4. The minimum atomic E-state index is 0.0173. The van der Waals surface area contributed by atoms with Gasteiger partial charge in [0.1, 0.15) is 11.5 Å². The summed E-state index contributed by atoms with van der Waals surface area (Å²) in [5.41, 5.74) is 4.77. The summed E-state index contributed by atoms with van der Waals surface area (Å²) in [4.78, 5) is 0. The number of rotatable bonds is 8. The fourth-order valence-electron chi connectivity index (χ4n) is 3.46. The van der Waals surface area contributed by atoms with Gasteiger partial charge in [0.15, 0.2) is 11.5 Å². The summed E-state index contributed by atoms with van der Waals surface area (Å²) in [5, 5.41) is 9.55. The van der Waals surface area contributed by atoms with Gasteiger partial charge in [-0.2, -0.15) is 0 Å². The van der Waals surface area contributed by atoms with Gasteiger partial charge >= 0.3 is 0 Å². The van der Waals surface area contributed by atoms with Crippen molar-refractivity contribution in [2.24, 2.45) is 0 Å². The zero-order valence-corrected chi connectivity index (χ0v) is 17.2. The van der Waals surface area contributed by atoms with Gasteiger partial charge in [-0.25, -0.2) is 0 Å². The van der Waals surface area contributed by atoms with Crippen LogP contribution in [0.3, 0.4) is 0 Å². The van der Waals surface area contributed by atoms with Gasteiger partial charge in [-0.1, -0.05) is 24.3 Å². The number of aliphatic hydroxyl groups excluding tert-OH is 1. The first-order valence-electron chi connectivity index (χ1n) is 9.34. The molecule has 1 N–H and O–H groups in total. The lowest BCUT2D eigenvalue weighted by atomic mass is 9.90. The summed E-state index contributed by atoms with van der Waals surface area (Å²) in [7, 11) is 6.54. The molecule has 0 saturated carbocycles. The van der Waals surface area contributed by atoms with Gasteiger partial charge < -0.3 is 24.1 Å². The Bertz CT molecular complexity index is 947. The lowest BCUT2D eigenvalue weighted by Gasteiger charge is -2.21. The molecule has 0 aliphatic rings. The Kier molecular flexibility index (Phi) is 6.62. The molecule has 152 valence electrons. The van der Waals surface area contributed by atoms with Gasteiger partial charge in [-0.05, 0) is 53.4 Å². The van der Waals surface area contributed by atoms with Crippen molar-refractivity contribution in [3.8, 4) is 45.3 Å². The number of hydrogen-bond acceptors (Lipinski definition) is 5. The Labute approximate surface area is 171 Å². The van der Waals surface area contributed by atoms with Crippen LogP contribution in [0.1, 0.15) is 5.56 Å². The van der Waals surface area contributed by atoms with Crippen molar-refractivity contribution in [1.29, 1.82) is 0 Å². The predicted octanol–water partition coefficient (Wildman–Crippen LogP) is 4.59. The van der Waals surface area contributed by atoms with Crippen LogP contribution in [-0.4, -0.2) is 40.2 Å². The van der Waals surface area contributed by atoms with Crippen LogP contribution in [0.15, 0.2) is 54.6 Å². The maximum atomic E-state index is 9.55. The fraction of sp³-hybridized carbons (Fsp3) is 0.250. The Morgan fingerprint density at radius 2 is 1.17 bits per heavy atom. The van der Waals surface area contributed by atoms with Crippen molar-refractivity contribution in [3.05, 3.63) is 60.2 Å². The Balaban J connectivity index is 2.31. The molecule has 0 saturated heterocycles. The SMILES string of the molecule is COc1ccc(-c2cc(CCO)c(OC)c(OC)c2-c2ccc(OC)cc2)cc1. The minimum Gasteiger partial charge on any atom is -0.497 e. The molecule has 0 spiro atoms. The van der Waals surface area contributed by atoms with Crippen LogP contribution < -0.4 is 18.9 Å². The van der Waals surface area contributed by atoms with E-state index in [0.29, 0.717) is 17.9 Å². The lowest BCUT2D eigenvalue weighted by Crippen LogP contribution is -2.02. The molecule has 29 heavy (non-hydrogen) atoms. The summed E-state index contributed by atoms with van der Waals surface area (Å²) in [6.45, 7) is 0.0173. The molecule has 0 atom stereocenters. The van der Waals surface area contributed by atoms with Crippen LogP contribution in [0, 0.1) is 0 Å². The molecule has 5 nitrogen and oxygen atoms in total. The quantitative estimate of drug-likeness (QED) is 0.606. The first-order chi connectivity index (χ1) is 14.2. The molecule has 5 heteroatoms. The molecule has 0 unspecified atom stereocenters. The average Bonchev–Trinajstić information content (AvgIpc) is 2.78. The van der Waals surface area contributed by atoms with E-state index in [1.165, 1.54) is 0 Å². The Hall–Kier alpha value is -3.18. The van der Waals surface area contributed by atoms with Crippen molar-refractivity contribution in [3.63, 3.8) is 0 Å². The molecular formula is C24H26O5. The van der Waals surface area contributed by atoms with Gasteiger partial charge in [-0.15, -0.1) is 0 Å². The topological polar surface area (TPSA) is 57.2 Å². The molecule has 3 rings (SSSR count). The van der Waals surface area contributed by atoms with Crippen LogP contribution in [0.25, 0.3) is 22.3 Å². The zero-order valence-electron chi connectivity index (χ0n) is 17.2. The molecule has 3 aromatic carbocycles. The molecule has 0 amide bonds. The molecule has 0 aromatic heterocycles. The van der Waals surface area contributed by atoms with Crippen LogP contribution in [0.4, 0.5) is 0 Å². The van der Waals surface area contributed by atoms with E-state index in [4.69, 9.17) is 18.9 Å². The van der Waals surface area contributed by atoms with Gasteiger partial charge in [0, 0.05) is 17.7 Å². The second-order valence-electron chi connectivity index (χ2n) is 6.46. The lowest BCUT2D eigenvalue weighted by molar-refractivity contribution is 0.295. The van der Waals surface area contributed by atoms with E-state index in [1.54, 1.807) is 28.4 Å². The molecule has 0 fully saturated rings. The minimum absolute atomic E-state index is 0.0173. The monoisotopic (exact) mass is 394 g/mol. The third-order valence-electron chi connectivity index (χ3n) is 4.88. The number of ether oxygens (including phenoxy) is 4. The van der Waals surface area contributed by atoms with Crippen molar-refractivity contribution in [2.75, 3.05) is 35.0 Å². The van der Waals surface area contributed by atoms with E-state index < -0.39 is 0 Å². The summed E-state index contributed by atoms with van der Waals surface area (Å²) in [6.07, 6.45) is 0.464. The van der Waals surface area contributed by atoms with Crippen LogP contribution in [-0.2, 0) is 6.42 Å². The third-order valence-corrected chi connectivity index (χ3v) is 4.88. The van der Waals surface area contributed by atoms with Crippen LogP contribution >= 0.6 is 0 Å². The third kappa shape index (κ3) is 4.15. The predicted molar refractivity (Wildman–Crippen MR) is 114 cm³/mol. The molecule has 3 aromatic rings. The van der Waals surface area contributed by atoms with E-state index in [0.717, 1.165) is 39.3 Å². The fourth-order valence-corrected chi connectivity index (χ4v) is 3.46. The summed E-state index contributed by atoms with van der Waals surface area (Å²) in [5.74, 6) is 2.83. The van der Waals surface area contributed by atoms with Crippen molar-refractivity contribution < 1.29 is 24.1 Å². The normalized spacial score (nSPS) is 10.5. The second kappa shape index (κ2) is 9.34. The van der Waals surface area contributed by atoms with Crippen molar-refractivity contribution >= 4 is 0 Å². The largest absolute Gasteiger partial charge is 0.497 e. The highest BCUT2D eigenvalue weighted by Crippen LogP contribution is 2.47. The smallest absolute Gasteiger partial charge is 0.169 e. The number of hydrogen-bond donors (Lipinski definition) is 1. The van der Waals surface area contributed by atoms with Crippen molar-refractivity contribution in [2.45, 2.75) is 6.42 Å². The second-order valence-corrected chi connectivity index (χ2v) is 6.46. The van der Waals surface area contributed by atoms with E-state index in [1.807, 2.05) is 48.5 Å². The maximum absolute atomic E-state index is 9.55. The van der Waals surface area contributed by atoms with E-state index in [-0.39, 0.29) is 6.61 Å². The zero-order chi connectivity index (χ0) is 20.8. The standard InChI is InChI=1S/C24H26O5/c1-26-19-9-5-16(6-10-19)21-15-18(13-14-25)23(28-3)24(29-4)22(21)17-7-11-20(27-2)12-8-17/h5-12,15,25H,13-14H2,1-4H3. The highest BCUT2D eigenvalue weighted by Gasteiger charge is 2.22. The van der Waals surface area contributed by atoms with E-state index in [9.17, 15) is 5.11 Å². The van der Waals surface area contributed by atoms with Gasteiger partial charge in [-0.3, -0.25) is 0 Å². The molecule has 0 aliphatic carbocycles. The summed E-state index contributed by atoms with van der Waals surface area (Å²) in [6, 6.07) is 17.8. The highest BCUT2D eigenvalue weighted by molar-refractivity contribution is 5.90. The number of aliphatic hydroxyl groups is 1. The maximum Gasteiger partial charge on any atom is 0.169 e. The summed E-state index contributed by atoms with van der Waals surface area (Å²) >= 11 is 0. The molecule has 0 radical (unpaired) electrons. The first-order valence-corrected chi connectivity index (χ1v) is 9.34. The molecule has 0 heterocycles. The first kappa shape index (κ1) is 20.6. The Morgan fingerprint density at radius 3 is 1.62 bits per heavy atom. The average molecular weight is 394 g/mol. The number of benzene rings is 3. The molecule has 0 bridgehead atoms. The van der Waals surface area contributed by atoms with Gasteiger partial charge in [0.05, 0.1) is 28.4 Å². The van der Waals surface area contributed by atoms with Crippen LogP contribution in [0.5, 0.6) is 23.0 Å². The van der Waals surface area contributed by atoms with Gasteiger partial charge in [0.2, 0.25) is 0 Å².